The van der Waals surface area contributed by atoms with Gasteiger partial charge in [-0.15, -0.1) is 0 Å². The molecule has 1 unspecified atom stereocenters. The van der Waals surface area contributed by atoms with Gasteiger partial charge in [-0.3, -0.25) is 0 Å². The van der Waals surface area contributed by atoms with Crippen LogP contribution in [0.5, 0.6) is 0 Å². The van der Waals surface area contributed by atoms with E-state index in [2.05, 4.69) is 5.32 Å². The number of hydrogen-bond donors (Lipinski definition) is 2. The normalized spacial score (nSPS) is 28.8. The summed E-state index contributed by atoms with van der Waals surface area (Å²) in [5.74, 6) is -0.360. The lowest BCUT2D eigenvalue weighted by Crippen LogP contribution is -2.40. The van der Waals surface area contributed by atoms with Gasteiger partial charge in [-0.25, -0.2) is 4.39 Å². The maximum absolute atomic E-state index is 13.2. The van der Waals surface area contributed by atoms with Gasteiger partial charge in [-0.05, 0) is 30.3 Å². The van der Waals surface area contributed by atoms with E-state index >= 15 is 0 Å². The highest BCUT2D eigenvalue weighted by Crippen LogP contribution is 2.34. The van der Waals surface area contributed by atoms with Crippen molar-refractivity contribution in [2.45, 2.75) is 11.6 Å². The molecule has 0 fully saturated rings. The molecule has 0 bridgehead atoms. The van der Waals surface area contributed by atoms with E-state index in [9.17, 15) is 9.50 Å². The van der Waals surface area contributed by atoms with Crippen molar-refractivity contribution in [3.05, 3.63) is 35.1 Å². The van der Waals surface area contributed by atoms with E-state index in [1.54, 1.807) is 7.05 Å². The van der Waals surface area contributed by atoms with Crippen LogP contribution in [0.4, 0.5) is 4.39 Å². The van der Waals surface area contributed by atoms with Gasteiger partial charge in [-0.2, -0.15) is 0 Å². The summed E-state index contributed by atoms with van der Waals surface area (Å²) in [5.41, 5.74) is -0.404. The second kappa shape index (κ2) is 4.16. The standard InChI is InChI=1S/C11H13BFNO2/c1-14-5-10-8-4-7(13)2-3-9(8)11(12,15)6-16-10/h2-4,10,14-15H,5-6H2,1H3/t10-,11?/m0/s1. The number of aliphatic hydroxyl groups is 1. The highest BCUT2D eigenvalue weighted by molar-refractivity contribution is 6.15. The summed E-state index contributed by atoms with van der Waals surface area (Å²) in [5, 5.41) is 12.9. The van der Waals surface area contributed by atoms with Crippen molar-refractivity contribution in [2.75, 3.05) is 20.2 Å². The summed E-state index contributed by atoms with van der Waals surface area (Å²) in [6, 6.07) is 4.16. The van der Waals surface area contributed by atoms with Crippen molar-refractivity contribution in [3.8, 4) is 0 Å². The first-order valence-electron chi connectivity index (χ1n) is 5.12. The number of rotatable bonds is 2. The van der Waals surface area contributed by atoms with Gasteiger partial charge < -0.3 is 15.2 Å². The minimum Gasteiger partial charge on any atom is -0.393 e. The SMILES string of the molecule is [B]C1(O)CO[C@@H](CNC)c2cc(F)ccc21. The third-order valence-corrected chi connectivity index (χ3v) is 2.72. The average molecular weight is 221 g/mol. The molecule has 2 N–H and O–H groups in total. The summed E-state index contributed by atoms with van der Waals surface area (Å²) in [6.45, 7) is 0.560. The van der Waals surface area contributed by atoms with Crippen LogP contribution in [0.2, 0.25) is 0 Å². The molecule has 1 aliphatic rings. The monoisotopic (exact) mass is 221 g/mol. The van der Waals surface area contributed by atoms with Crippen molar-refractivity contribution in [1.82, 2.24) is 5.32 Å². The molecule has 2 atom stereocenters. The molecule has 0 spiro atoms. The van der Waals surface area contributed by atoms with Crippen LogP contribution in [-0.2, 0) is 10.2 Å². The molecule has 2 rings (SSSR count). The highest BCUT2D eigenvalue weighted by Gasteiger charge is 2.34. The Kier molecular flexibility index (Phi) is 3.01. The smallest absolute Gasteiger partial charge is 0.123 e. The van der Waals surface area contributed by atoms with Gasteiger partial charge in [0.15, 0.2) is 0 Å². The Morgan fingerprint density at radius 1 is 1.69 bits per heavy atom. The lowest BCUT2D eigenvalue weighted by molar-refractivity contribution is -0.0517. The first kappa shape index (κ1) is 11.6. The van der Waals surface area contributed by atoms with E-state index < -0.39 is 5.50 Å². The molecule has 3 nitrogen and oxygen atoms in total. The van der Waals surface area contributed by atoms with E-state index in [-0.39, 0.29) is 18.5 Å². The number of ether oxygens (including phenoxy) is 1. The summed E-state index contributed by atoms with van der Waals surface area (Å²) < 4.78 is 18.6. The Labute approximate surface area is 95.0 Å². The first-order valence-corrected chi connectivity index (χ1v) is 5.12. The average Bonchev–Trinajstić information content (AvgIpc) is 2.22. The van der Waals surface area contributed by atoms with Crippen LogP contribution in [0.15, 0.2) is 18.2 Å². The molecule has 0 amide bonds. The Morgan fingerprint density at radius 3 is 3.12 bits per heavy atom. The molecule has 5 heteroatoms. The number of hydrogen-bond acceptors (Lipinski definition) is 3. The van der Waals surface area contributed by atoms with Crippen LogP contribution < -0.4 is 5.32 Å². The van der Waals surface area contributed by atoms with Crippen LogP contribution in [0.25, 0.3) is 0 Å². The summed E-state index contributed by atoms with van der Waals surface area (Å²) in [4.78, 5) is 0. The number of likely N-dealkylation sites (N-methyl/N-ethyl adjacent to an activating group) is 1. The largest absolute Gasteiger partial charge is 0.393 e. The number of benzene rings is 1. The minimum atomic E-state index is -1.53. The molecule has 1 aromatic rings. The quantitative estimate of drug-likeness (QED) is 0.711. The Hall–Kier alpha value is -0.905. The summed E-state index contributed by atoms with van der Waals surface area (Å²) in [6.07, 6.45) is -0.278. The molecule has 2 radical (unpaired) electrons. The molecule has 0 saturated heterocycles. The van der Waals surface area contributed by atoms with Crippen LogP contribution in [0.1, 0.15) is 17.2 Å². The molecule has 16 heavy (non-hydrogen) atoms. The predicted molar refractivity (Wildman–Crippen MR) is 58.7 cm³/mol. The van der Waals surface area contributed by atoms with Crippen molar-refractivity contribution in [2.24, 2.45) is 0 Å². The van der Waals surface area contributed by atoms with Crippen LogP contribution in [0.3, 0.4) is 0 Å². The second-order valence-corrected chi connectivity index (χ2v) is 4.01. The van der Waals surface area contributed by atoms with Gasteiger partial charge in [0.25, 0.3) is 0 Å². The first-order chi connectivity index (χ1) is 7.54. The lowest BCUT2D eigenvalue weighted by atomic mass is 9.72. The van der Waals surface area contributed by atoms with E-state index in [1.807, 2.05) is 0 Å². The van der Waals surface area contributed by atoms with Crippen molar-refractivity contribution >= 4 is 7.85 Å². The third-order valence-electron chi connectivity index (χ3n) is 2.72. The van der Waals surface area contributed by atoms with Crippen LogP contribution in [0, 0.1) is 5.82 Å². The molecule has 84 valence electrons. The van der Waals surface area contributed by atoms with Gasteiger partial charge in [0, 0.05) is 6.54 Å². The van der Waals surface area contributed by atoms with Crippen molar-refractivity contribution in [3.63, 3.8) is 0 Å². The van der Waals surface area contributed by atoms with Crippen LogP contribution >= 0.6 is 0 Å². The Balaban J connectivity index is 2.45. The molecular formula is C11H13BFNO2. The zero-order valence-electron chi connectivity index (χ0n) is 9.03. The van der Waals surface area contributed by atoms with Gasteiger partial charge >= 0.3 is 0 Å². The van der Waals surface area contributed by atoms with E-state index in [0.29, 0.717) is 17.7 Å². The summed E-state index contributed by atoms with van der Waals surface area (Å²) in [7, 11) is 7.47. The Bertz CT molecular complexity index is 398. The fraction of sp³-hybridized carbons (Fsp3) is 0.455. The van der Waals surface area contributed by atoms with E-state index in [0.717, 1.165) is 0 Å². The molecule has 0 aliphatic carbocycles. The molecule has 1 heterocycles. The van der Waals surface area contributed by atoms with E-state index in [1.165, 1.54) is 18.2 Å². The Morgan fingerprint density at radius 2 is 2.44 bits per heavy atom. The number of fused-ring (bicyclic) bond motifs is 1. The second-order valence-electron chi connectivity index (χ2n) is 4.01. The van der Waals surface area contributed by atoms with Crippen molar-refractivity contribution < 1.29 is 14.2 Å². The van der Waals surface area contributed by atoms with Gasteiger partial charge in [0.1, 0.15) is 13.7 Å². The zero-order valence-corrected chi connectivity index (χ0v) is 9.03. The van der Waals surface area contributed by atoms with Gasteiger partial charge in [0.2, 0.25) is 0 Å². The maximum Gasteiger partial charge on any atom is 0.123 e. The molecule has 0 saturated carbocycles. The molecule has 0 aromatic heterocycles. The zero-order chi connectivity index (χ0) is 11.8. The highest BCUT2D eigenvalue weighted by atomic mass is 19.1. The van der Waals surface area contributed by atoms with Gasteiger partial charge in [0.05, 0.1) is 18.2 Å². The van der Waals surface area contributed by atoms with Gasteiger partial charge in [-0.1, -0.05) is 6.07 Å². The van der Waals surface area contributed by atoms with Crippen LogP contribution in [-0.4, -0.2) is 33.2 Å². The summed E-state index contributed by atoms with van der Waals surface area (Å²) >= 11 is 0. The third kappa shape index (κ3) is 1.98. The van der Waals surface area contributed by atoms with E-state index in [4.69, 9.17) is 12.6 Å². The molecule has 1 aromatic carbocycles. The number of halogens is 1. The lowest BCUT2D eigenvalue weighted by Gasteiger charge is -2.36. The fourth-order valence-corrected chi connectivity index (χ4v) is 1.94. The maximum atomic E-state index is 13.2. The molecule has 1 aliphatic heterocycles. The minimum absolute atomic E-state index is 0.0119. The fourth-order valence-electron chi connectivity index (χ4n) is 1.94. The number of nitrogens with one attached hydrogen (secondary N) is 1. The van der Waals surface area contributed by atoms with Crippen molar-refractivity contribution in [1.29, 1.82) is 0 Å². The predicted octanol–water partition coefficient (Wildman–Crippen LogP) is 0.430. The topological polar surface area (TPSA) is 41.5 Å². The molecular weight excluding hydrogens is 208 g/mol.